The van der Waals surface area contributed by atoms with Gasteiger partial charge >= 0.3 is 13.5 Å². The molecule has 22 heteroatoms. The highest BCUT2D eigenvalue weighted by molar-refractivity contribution is 7.47. The number of hydrogen-bond acceptors (Lipinski definition) is 17. The van der Waals surface area contributed by atoms with Crippen molar-refractivity contribution in [3.63, 3.8) is 0 Å². The number of nitrogens with two attached hydrogens (primary N) is 2. The molecule has 0 aromatic carbocycles. The number of H-pyrrole nitrogens is 1. The number of nitrogens with one attached hydrogen (secondary N) is 1. The number of aliphatic hydroxyl groups excluding tert-OH is 2. The minimum atomic E-state index is -4.97. The lowest BCUT2D eigenvalue weighted by molar-refractivity contribution is -0.0745. The van der Waals surface area contributed by atoms with Crippen molar-refractivity contribution in [2.75, 3.05) is 37.9 Å². The summed E-state index contributed by atoms with van der Waals surface area (Å²) in [5.41, 5.74) is 9.70. The summed E-state index contributed by atoms with van der Waals surface area (Å²) < 4.78 is 49.0. The van der Waals surface area contributed by atoms with Crippen LogP contribution in [0.25, 0.3) is 11.2 Å². The van der Waals surface area contributed by atoms with Crippen LogP contribution in [0.5, 0.6) is 0 Å². The number of hydrogen-bond donors (Lipinski definition) is 6. The van der Waals surface area contributed by atoms with Gasteiger partial charge in [-0.25, -0.2) is 19.3 Å². The molecule has 8 N–H and O–H groups in total. The molecular weight excluding hydrogens is 613 g/mol. The van der Waals surface area contributed by atoms with E-state index >= 15 is 0 Å². The zero-order valence-corrected chi connectivity index (χ0v) is 24.3. The van der Waals surface area contributed by atoms with Gasteiger partial charge in [-0.15, -0.1) is 0 Å². The molecule has 2 fully saturated rings. The van der Waals surface area contributed by atoms with Crippen molar-refractivity contribution in [3.8, 4) is 0 Å². The lowest BCUT2D eigenvalue weighted by atomic mass is 10.1. The van der Waals surface area contributed by atoms with Crippen LogP contribution in [0.3, 0.4) is 0 Å². The molecule has 21 nitrogen and oxygen atoms in total. The van der Waals surface area contributed by atoms with Crippen molar-refractivity contribution in [2.24, 2.45) is 0 Å². The van der Waals surface area contributed by atoms with Gasteiger partial charge in [-0.1, -0.05) is 0 Å². The molecule has 0 aliphatic carbocycles. The molecule has 0 amide bonds. The van der Waals surface area contributed by atoms with E-state index in [4.69, 9.17) is 39.5 Å². The Balaban J connectivity index is 1.33. The van der Waals surface area contributed by atoms with Crippen molar-refractivity contribution in [2.45, 2.75) is 62.9 Å². The summed E-state index contributed by atoms with van der Waals surface area (Å²) in [4.78, 5) is 53.1. The second-order valence-electron chi connectivity index (χ2n) is 9.66. The Morgan fingerprint density at radius 3 is 2.34 bits per heavy atom. The number of ether oxygens (including phenoxy) is 4. The second-order valence-corrected chi connectivity index (χ2v) is 11.1. The van der Waals surface area contributed by atoms with E-state index in [9.17, 15) is 29.3 Å². The predicted molar refractivity (Wildman–Crippen MR) is 146 cm³/mol. The van der Waals surface area contributed by atoms with Crippen molar-refractivity contribution in [3.05, 3.63) is 33.5 Å². The summed E-state index contributed by atoms with van der Waals surface area (Å²) in [7, 11) is -4.97. The lowest BCUT2D eigenvalue weighted by Crippen LogP contribution is -2.39. The topological polar surface area (TPSA) is 297 Å². The molecule has 0 bridgehead atoms. The van der Waals surface area contributed by atoms with E-state index in [1.165, 1.54) is 10.9 Å². The van der Waals surface area contributed by atoms with Crippen LogP contribution in [0.4, 0.5) is 11.9 Å². The number of nitrogens with zero attached hydrogens (tertiary/aromatic N) is 6. The van der Waals surface area contributed by atoms with Gasteiger partial charge in [0.05, 0.1) is 19.5 Å². The fourth-order valence-electron chi connectivity index (χ4n) is 5.04. The highest BCUT2D eigenvalue weighted by atomic mass is 31.2. The number of imidazole rings is 1. The third kappa shape index (κ3) is 6.24. The maximum atomic E-state index is 13.2. The minimum absolute atomic E-state index is 0.0399. The number of rotatable bonds is 12. The molecule has 3 aromatic heterocycles. The van der Waals surface area contributed by atoms with Gasteiger partial charge in [0.1, 0.15) is 43.0 Å². The Morgan fingerprint density at radius 1 is 1.00 bits per heavy atom. The molecule has 5 heterocycles. The van der Waals surface area contributed by atoms with Crippen LogP contribution in [0, 0.1) is 0 Å². The number of phosphoric acid groups is 1. The molecule has 0 radical (unpaired) electrons. The van der Waals surface area contributed by atoms with Gasteiger partial charge in [0, 0.05) is 13.2 Å². The average Bonchev–Trinajstić information content (AvgIpc) is 3.62. The molecule has 0 spiro atoms. The number of nitrogen functional groups attached to an aromatic ring is 2. The smallest absolute Gasteiger partial charge is 0.394 e. The molecule has 2 saturated heterocycles. The number of anilines is 2. The zero-order valence-electron chi connectivity index (χ0n) is 23.4. The van der Waals surface area contributed by atoms with Gasteiger partial charge < -0.3 is 45.5 Å². The SMILES string of the molecule is CCOC1C(O)[C@@H](COP(=O)(O)OC2C(OCC)[C@H](n3cnc4c(=O)[nH]c(N)nc43)O[C@@H]2CO)O[C@H]1n1cnc(N)nc1=O. The number of aromatic amines is 1. The molecule has 2 aliphatic heterocycles. The zero-order chi connectivity index (χ0) is 31.8. The van der Waals surface area contributed by atoms with Gasteiger partial charge in [-0.05, 0) is 13.8 Å². The number of phosphoric ester groups is 1. The van der Waals surface area contributed by atoms with E-state index in [-0.39, 0.29) is 36.3 Å². The van der Waals surface area contributed by atoms with Gasteiger partial charge in [0.2, 0.25) is 11.9 Å². The fraction of sp³-hybridized carbons (Fsp3) is 0.636. The molecule has 5 unspecified atom stereocenters. The summed E-state index contributed by atoms with van der Waals surface area (Å²) in [6.07, 6.45) is -7.49. The summed E-state index contributed by atoms with van der Waals surface area (Å²) >= 11 is 0. The maximum absolute atomic E-state index is 13.2. The Bertz CT molecular complexity index is 1630. The maximum Gasteiger partial charge on any atom is 0.472 e. The standard InChI is InChI=1S/C22H32N9O12P/c1-3-38-14-12(33)10(42-18(14)31-8-26-20(23)29-22(31)35)6-40-44(36,37)43-13-9(5-32)41-19(15(13)39-4-2)30-7-25-11-16(30)27-21(24)28-17(11)34/h7-10,12-15,18-19,32-33H,3-6H2,1-2H3,(H,36,37)(H2,23,29,35)(H3,24,27,28,34)/t9-,10-,12?,13?,14?,15?,18-,19-/m1/s1. The van der Waals surface area contributed by atoms with Crippen LogP contribution in [0.2, 0.25) is 0 Å². The first-order valence-electron chi connectivity index (χ1n) is 13.4. The first-order valence-corrected chi connectivity index (χ1v) is 14.9. The molecule has 2 aliphatic rings. The average molecular weight is 646 g/mol. The van der Waals surface area contributed by atoms with Crippen LogP contribution in [0.1, 0.15) is 26.3 Å². The van der Waals surface area contributed by atoms with Crippen LogP contribution in [-0.2, 0) is 32.6 Å². The third-order valence-electron chi connectivity index (χ3n) is 6.90. The van der Waals surface area contributed by atoms with Crippen molar-refractivity contribution in [1.29, 1.82) is 0 Å². The van der Waals surface area contributed by atoms with E-state index in [2.05, 4.69) is 24.9 Å². The molecule has 242 valence electrons. The summed E-state index contributed by atoms with van der Waals surface area (Å²) in [5, 5.41) is 20.9. The molecule has 44 heavy (non-hydrogen) atoms. The summed E-state index contributed by atoms with van der Waals surface area (Å²) in [6.45, 7) is 2.20. The summed E-state index contributed by atoms with van der Waals surface area (Å²) in [6, 6.07) is 0. The summed E-state index contributed by atoms with van der Waals surface area (Å²) in [5.74, 6) is -0.454. The highest BCUT2D eigenvalue weighted by Crippen LogP contribution is 2.50. The van der Waals surface area contributed by atoms with E-state index in [0.717, 1.165) is 10.9 Å². The largest absolute Gasteiger partial charge is 0.472 e. The minimum Gasteiger partial charge on any atom is -0.394 e. The number of fused-ring (bicyclic) bond motifs is 1. The molecule has 9 atom stereocenters. The molecule has 0 saturated carbocycles. The second kappa shape index (κ2) is 12.9. The quantitative estimate of drug-likeness (QED) is 0.110. The molecule has 3 aromatic rings. The number of aromatic nitrogens is 7. The highest BCUT2D eigenvalue weighted by Gasteiger charge is 2.51. The normalized spacial score (nSPS) is 30.2. The fourth-order valence-corrected chi connectivity index (χ4v) is 6.00. The van der Waals surface area contributed by atoms with Crippen molar-refractivity contribution < 1.29 is 47.7 Å². The van der Waals surface area contributed by atoms with Crippen molar-refractivity contribution in [1.82, 2.24) is 34.1 Å². The van der Waals surface area contributed by atoms with E-state index < -0.39 is 81.4 Å². The lowest BCUT2D eigenvalue weighted by Gasteiger charge is -2.26. The van der Waals surface area contributed by atoms with Crippen LogP contribution >= 0.6 is 7.82 Å². The van der Waals surface area contributed by atoms with Crippen LogP contribution < -0.4 is 22.7 Å². The third-order valence-corrected chi connectivity index (χ3v) is 7.88. The Hall–Kier alpha value is -3.37. The van der Waals surface area contributed by atoms with E-state index in [1.54, 1.807) is 13.8 Å². The van der Waals surface area contributed by atoms with E-state index in [1.807, 2.05) is 0 Å². The van der Waals surface area contributed by atoms with Crippen LogP contribution in [-0.4, -0.2) is 112 Å². The van der Waals surface area contributed by atoms with E-state index in [0.29, 0.717) is 0 Å². The predicted octanol–water partition coefficient (Wildman–Crippen LogP) is -2.60. The first-order chi connectivity index (χ1) is 21.0. The van der Waals surface area contributed by atoms with Gasteiger partial charge in [0.25, 0.3) is 5.56 Å². The van der Waals surface area contributed by atoms with Crippen LogP contribution in [0.15, 0.2) is 22.2 Å². The molecule has 5 rings (SSSR count). The molecular formula is C22H32N9O12P. The van der Waals surface area contributed by atoms with Gasteiger partial charge in [-0.3, -0.25) is 28.0 Å². The Labute approximate surface area is 247 Å². The van der Waals surface area contributed by atoms with Gasteiger partial charge in [-0.2, -0.15) is 9.97 Å². The first kappa shape index (κ1) is 32.0. The Kier molecular flexibility index (Phi) is 9.41. The Morgan fingerprint density at radius 2 is 1.66 bits per heavy atom. The monoisotopic (exact) mass is 645 g/mol. The van der Waals surface area contributed by atoms with Gasteiger partial charge in [0.15, 0.2) is 23.6 Å². The number of aliphatic hydroxyl groups is 2. The van der Waals surface area contributed by atoms with Crippen molar-refractivity contribution >= 4 is 30.9 Å².